The fourth-order valence-electron chi connectivity index (χ4n) is 2.23. The Balaban J connectivity index is 2.52. The topological polar surface area (TPSA) is 52.7 Å². The maximum atomic E-state index is 12.1. The van der Waals surface area contributed by atoms with Gasteiger partial charge in [0.15, 0.2) is 0 Å². The average Bonchev–Trinajstić information content (AvgIpc) is 2.36. The summed E-state index contributed by atoms with van der Waals surface area (Å²) in [6, 6.07) is 0. The van der Waals surface area contributed by atoms with Gasteiger partial charge in [-0.1, -0.05) is 0 Å². The molecule has 0 radical (unpaired) electrons. The maximum absolute atomic E-state index is 12.1. The molecule has 9 heteroatoms. The van der Waals surface area contributed by atoms with E-state index in [4.69, 9.17) is 0 Å². The van der Waals surface area contributed by atoms with E-state index in [2.05, 4.69) is 5.32 Å². The first kappa shape index (κ1) is 17.7. The van der Waals surface area contributed by atoms with Gasteiger partial charge < -0.3 is 5.32 Å². The molecule has 0 spiro atoms. The van der Waals surface area contributed by atoms with Crippen molar-refractivity contribution in [2.24, 2.45) is 5.92 Å². The van der Waals surface area contributed by atoms with Gasteiger partial charge in [-0.3, -0.25) is 0 Å². The van der Waals surface area contributed by atoms with Crippen LogP contribution in [0.1, 0.15) is 19.3 Å². The van der Waals surface area contributed by atoms with Gasteiger partial charge in [0.1, 0.15) is 0 Å². The molecule has 1 aliphatic rings. The fourth-order valence-corrected chi connectivity index (χ4v) is 3.62. The van der Waals surface area contributed by atoms with E-state index < -0.39 is 29.4 Å². The number of hydrogen-bond acceptors (Lipinski definition) is 3. The van der Waals surface area contributed by atoms with E-state index in [9.17, 15) is 21.6 Å². The molecule has 1 N–H and O–H groups in total. The molecule has 0 atom stereocenters. The molecule has 0 unspecified atom stereocenters. The van der Waals surface area contributed by atoms with E-state index in [0.717, 1.165) is 23.7 Å². The first-order chi connectivity index (χ1) is 9.16. The van der Waals surface area contributed by atoms with Crippen LogP contribution in [0.3, 0.4) is 0 Å². The van der Waals surface area contributed by atoms with Gasteiger partial charge in [0, 0.05) is 26.7 Å². The van der Waals surface area contributed by atoms with Gasteiger partial charge in [0.2, 0.25) is 0 Å². The quantitative estimate of drug-likeness (QED) is 0.797. The van der Waals surface area contributed by atoms with Crippen LogP contribution < -0.4 is 5.32 Å². The van der Waals surface area contributed by atoms with Gasteiger partial charge in [-0.2, -0.15) is 30.2 Å². The summed E-state index contributed by atoms with van der Waals surface area (Å²) in [6.45, 7) is 1.02. The number of halogens is 3. The second kappa shape index (κ2) is 7.06. The van der Waals surface area contributed by atoms with Crippen LogP contribution in [-0.4, -0.2) is 63.5 Å². The number of rotatable bonds is 6. The Morgan fingerprint density at radius 2 is 1.85 bits per heavy atom. The van der Waals surface area contributed by atoms with Crippen molar-refractivity contribution in [2.75, 3.05) is 40.3 Å². The van der Waals surface area contributed by atoms with Crippen LogP contribution in [0.2, 0.25) is 0 Å². The van der Waals surface area contributed by atoms with Crippen molar-refractivity contribution < 1.29 is 21.6 Å². The zero-order chi connectivity index (χ0) is 15.4. The number of piperidine rings is 1. The molecule has 1 saturated heterocycles. The maximum Gasteiger partial charge on any atom is 0.390 e. The van der Waals surface area contributed by atoms with Crippen molar-refractivity contribution in [1.82, 2.24) is 13.9 Å². The minimum atomic E-state index is -4.34. The number of nitrogens with one attached hydrogen (secondary N) is 1. The standard InChI is InChI=1S/C11H22F3N3O2S/c1-15-9-10-3-6-17(7-4-10)20(18,19)16(2)8-5-11(12,13)14/h10,15H,3-9H2,1-2H3. The predicted molar refractivity (Wildman–Crippen MR) is 70.4 cm³/mol. The molecule has 0 aliphatic carbocycles. The minimum absolute atomic E-state index is 0.366. The second-order valence-electron chi connectivity index (χ2n) is 5.09. The van der Waals surface area contributed by atoms with E-state index in [1.54, 1.807) is 0 Å². The van der Waals surface area contributed by atoms with Crippen LogP contribution in [0.15, 0.2) is 0 Å². The van der Waals surface area contributed by atoms with Crippen molar-refractivity contribution in [3.05, 3.63) is 0 Å². The molecule has 1 aliphatic heterocycles. The van der Waals surface area contributed by atoms with E-state index in [1.165, 1.54) is 11.4 Å². The lowest BCUT2D eigenvalue weighted by molar-refractivity contribution is -0.135. The third kappa shape index (κ3) is 5.19. The highest BCUT2D eigenvalue weighted by atomic mass is 32.2. The zero-order valence-corrected chi connectivity index (χ0v) is 12.6. The van der Waals surface area contributed by atoms with Gasteiger partial charge in [-0.25, -0.2) is 0 Å². The molecule has 1 rings (SSSR count). The first-order valence-electron chi connectivity index (χ1n) is 6.59. The summed E-state index contributed by atoms with van der Waals surface area (Å²) in [5.41, 5.74) is 0. The van der Waals surface area contributed by atoms with Crippen molar-refractivity contribution >= 4 is 10.2 Å². The van der Waals surface area contributed by atoms with E-state index in [-0.39, 0.29) is 0 Å². The molecule has 0 aromatic heterocycles. The summed E-state index contributed by atoms with van der Waals surface area (Å²) in [6.07, 6.45) is -4.01. The molecule has 20 heavy (non-hydrogen) atoms. The Morgan fingerprint density at radius 1 is 1.30 bits per heavy atom. The predicted octanol–water partition coefficient (Wildman–Crippen LogP) is 1.05. The first-order valence-corrected chi connectivity index (χ1v) is 7.99. The van der Waals surface area contributed by atoms with Crippen molar-refractivity contribution in [3.8, 4) is 0 Å². The van der Waals surface area contributed by atoms with Crippen LogP contribution in [-0.2, 0) is 10.2 Å². The third-order valence-electron chi connectivity index (χ3n) is 3.50. The summed E-state index contributed by atoms with van der Waals surface area (Å²) in [7, 11) is -0.740. The molecule has 1 fully saturated rings. The molecular weight excluding hydrogens is 295 g/mol. The SMILES string of the molecule is CNCC1CCN(S(=O)(=O)N(C)CCC(F)(F)F)CC1. The normalized spacial score (nSPS) is 19.7. The van der Waals surface area contributed by atoms with Crippen LogP contribution in [0.4, 0.5) is 13.2 Å². The average molecular weight is 317 g/mol. The lowest BCUT2D eigenvalue weighted by atomic mass is 9.98. The Labute approximate surface area is 118 Å². The lowest BCUT2D eigenvalue weighted by Crippen LogP contribution is -2.47. The smallest absolute Gasteiger partial charge is 0.319 e. The third-order valence-corrected chi connectivity index (χ3v) is 5.48. The molecular formula is C11H22F3N3O2S. The van der Waals surface area contributed by atoms with Gasteiger partial charge in [0.05, 0.1) is 6.42 Å². The zero-order valence-electron chi connectivity index (χ0n) is 11.8. The summed E-state index contributed by atoms with van der Waals surface area (Å²) >= 11 is 0. The number of alkyl halides is 3. The monoisotopic (exact) mass is 317 g/mol. The summed E-state index contributed by atoms with van der Waals surface area (Å²) in [5.74, 6) is 0.423. The van der Waals surface area contributed by atoms with Crippen LogP contribution in [0, 0.1) is 5.92 Å². The van der Waals surface area contributed by atoms with E-state index in [0.29, 0.717) is 19.0 Å². The van der Waals surface area contributed by atoms with Gasteiger partial charge >= 0.3 is 6.18 Å². The molecule has 0 aromatic carbocycles. The Kier molecular flexibility index (Phi) is 6.24. The summed E-state index contributed by atoms with van der Waals surface area (Å²) in [5, 5.41) is 3.05. The van der Waals surface area contributed by atoms with Crippen LogP contribution >= 0.6 is 0 Å². The van der Waals surface area contributed by atoms with Gasteiger partial charge in [0.25, 0.3) is 10.2 Å². The Bertz CT molecular complexity index is 392. The van der Waals surface area contributed by atoms with Crippen LogP contribution in [0.5, 0.6) is 0 Å². The minimum Gasteiger partial charge on any atom is -0.319 e. The highest BCUT2D eigenvalue weighted by Gasteiger charge is 2.34. The lowest BCUT2D eigenvalue weighted by Gasteiger charge is -2.33. The molecule has 120 valence electrons. The van der Waals surface area contributed by atoms with E-state index in [1.807, 2.05) is 7.05 Å². The fraction of sp³-hybridized carbons (Fsp3) is 1.00. The largest absolute Gasteiger partial charge is 0.390 e. The number of hydrogen-bond donors (Lipinski definition) is 1. The Hall–Kier alpha value is -0.380. The van der Waals surface area contributed by atoms with Gasteiger partial charge in [-0.05, 0) is 32.4 Å². The van der Waals surface area contributed by atoms with Crippen molar-refractivity contribution in [3.63, 3.8) is 0 Å². The number of nitrogens with zero attached hydrogens (tertiary/aromatic N) is 2. The van der Waals surface area contributed by atoms with Gasteiger partial charge in [-0.15, -0.1) is 0 Å². The summed E-state index contributed by atoms with van der Waals surface area (Å²) in [4.78, 5) is 0. The van der Waals surface area contributed by atoms with Crippen molar-refractivity contribution in [1.29, 1.82) is 0 Å². The molecule has 0 bridgehead atoms. The highest BCUT2D eigenvalue weighted by molar-refractivity contribution is 7.86. The molecule has 0 aromatic rings. The van der Waals surface area contributed by atoms with E-state index >= 15 is 0 Å². The van der Waals surface area contributed by atoms with Crippen molar-refractivity contribution in [2.45, 2.75) is 25.4 Å². The molecule has 5 nitrogen and oxygen atoms in total. The molecule has 0 amide bonds. The highest BCUT2D eigenvalue weighted by Crippen LogP contribution is 2.23. The molecule has 1 heterocycles. The van der Waals surface area contributed by atoms with Crippen LogP contribution in [0.25, 0.3) is 0 Å². The second-order valence-corrected chi connectivity index (χ2v) is 7.13. The summed E-state index contributed by atoms with van der Waals surface area (Å²) < 4.78 is 62.8. The molecule has 0 saturated carbocycles. The Morgan fingerprint density at radius 3 is 2.30 bits per heavy atom.